The average molecular weight is 637 g/mol. The second-order valence-electron chi connectivity index (χ2n) is 11.5. The van der Waals surface area contributed by atoms with E-state index in [-0.39, 0.29) is 36.2 Å². The van der Waals surface area contributed by atoms with Gasteiger partial charge >= 0.3 is 12.2 Å². The van der Waals surface area contributed by atoms with Crippen molar-refractivity contribution in [2.45, 2.75) is 38.5 Å². The van der Waals surface area contributed by atoms with Gasteiger partial charge in [0.25, 0.3) is 5.91 Å². The van der Waals surface area contributed by atoms with Gasteiger partial charge in [-0.1, -0.05) is 13.0 Å². The molecule has 1 atom stereocenters. The molecular formula is C32H35F3N8O3. The zero-order valence-electron chi connectivity index (χ0n) is 25.5. The Morgan fingerprint density at radius 3 is 2.67 bits per heavy atom. The summed E-state index contributed by atoms with van der Waals surface area (Å²) >= 11 is 0. The van der Waals surface area contributed by atoms with Crippen molar-refractivity contribution in [2.75, 3.05) is 45.1 Å². The molecule has 0 saturated carbocycles. The predicted molar refractivity (Wildman–Crippen MR) is 165 cm³/mol. The maximum atomic E-state index is 14.1. The highest BCUT2D eigenvalue weighted by Gasteiger charge is 2.35. The molecule has 0 radical (unpaired) electrons. The Hall–Kier alpha value is -4.69. The Kier molecular flexibility index (Phi) is 8.82. The molecule has 5 heterocycles. The minimum atomic E-state index is -4.56. The summed E-state index contributed by atoms with van der Waals surface area (Å²) in [6.07, 6.45) is 0.932. The van der Waals surface area contributed by atoms with Crippen LogP contribution in [0.25, 0.3) is 5.52 Å². The van der Waals surface area contributed by atoms with Gasteiger partial charge in [-0.05, 0) is 41.8 Å². The minimum absolute atomic E-state index is 0.0657. The van der Waals surface area contributed by atoms with E-state index in [0.29, 0.717) is 48.6 Å². The molecule has 3 N–H and O–H groups in total. The molecule has 3 aromatic heterocycles. The number of hydrogen-bond donors (Lipinski definition) is 3. The molecule has 46 heavy (non-hydrogen) atoms. The number of benzene rings is 1. The smallest absolute Gasteiger partial charge is 0.416 e. The Balaban J connectivity index is 1.20. The lowest BCUT2D eigenvalue weighted by molar-refractivity contribution is -0.138. The largest absolute Gasteiger partial charge is 0.453 e. The number of fused-ring (bicyclic) bond motifs is 2. The summed E-state index contributed by atoms with van der Waals surface area (Å²) in [5.41, 5.74) is 2.16. The molecule has 3 amide bonds. The first-order valence-electron chi connectivity index (χ1n) is 15.2. The molecule has 14 heteroatoms. The number of amides is 3. The van der Waals surface area contributed by atoms with E-state index < -0.39 is 17.8 Å². The normalized spacial score (nSPS) is 17.1. The highest BCUT2D eigenvalue weighted by Crippen LogP contribution is 2.36. The number of urea groups is 1. The van der Waals surface area contributed by atoms with Crippen LogP contribution in [0.5, 0.6) is 11.5 Å². The van der Waals surface area contributed by atoms with Crippen molar-refractivity contribution >= 4 is 23.1 Å². The number of hydrogen-bond acceptors (Lipinski definition) is 7. The highest BCUT2D eigenvalue weighted by atomic mass is 19.4. The van der Waals surface area contributed by atoms with E-state index in [2.05, 4.69) is 26.0 Å². The Morgan fingerprint density at radius 1 is 1.13 bits per heavy atom. The number of nitrogens with one attached hydrogen (secondary N) is 3. The average Bonchev–Trinajstić information content (AvgIpc) is 3.50. The van der Waals surface area contributed by atoms with E-state index in [4.69, 9.17) is 4.74 Å². The van der Waals surface area contributed by atoms with Gasteiger partial charge in [-0.2, -0.15) is 18.3 Å². The third kappa shape index (κ3) is 6.63. The van der Waals surface area contributed by atoms with E-state index in [0.717, 1.165) is 30.4 Å². The molecule has 0 aliphatic carbocycles. The molecule has 0 spiro atoms. The van der Waals surface area contributed by atoms with Crippen molar-refractivity contribution in [3.05, 3.63) is 82.9 Å². The van der Waals surface area contributed by atoms with Gasteiger partial charge < -0.3 is 25.6 Å². The van der Waals surface area contributed by atoms with Crippen LogP contribution < -0.4 is 20.7 Å². The molecule has 2 aliphatic rings. The third-order valence-electron chi connectivity index (χ3n) is 8.40. The molecular weight excluding hydrogens is 601 g/mol. The molecule has 242 valence electrons. The summed E-state index contributed by atoms with van der Waals surface area (Å²) in [6, 6.07) is 8.67. The summed E-state index contributed by atoms with van der Waals surface area (Å²) in [4.78, 5) is 33.8. The molecule has 0 bridgehead atoms. The van der Waals surface area contributed by atoms with Crippen molar-refractivity contribution in [2.24, 2.45) is 0 Å². The number of piperazine rings is 1. The van der Waals surface area contributed by atoms with Gasteiger partial charge in [0.15, 0.2) is 5.75 Å². The SMILES string of the molecule is CC[C@H]1CN(C(=O)Nc2ccc(CN3CCNCC3)c(C(F)(F)F)c2)Cc2cc(Oc3ccnn4cc(C(=O)NC)cc34)cnc21. The fourth-order valence-electron chi connectivity index (χ4n) is 5.99. The summed E-state index contributed by atoms with van der Waals surface area (Å²) in [7, 11) is 1.55. The number of ether oxygens (including phenoxy) is 1. The standard InChI is InChI=1S/C32H35F3N8O3/c1-3-20-17-42(31(45)40-24-5-4-21(26(14-24)32(33,34)35)16-41-10-8-37-9-11-41)18-22-12-25(15-38-29(20)22)46-28-6-7-39-43-19-23(13-27(28)43)30(44)36-2/h4-7,12-15,19-20,37H,3,8-11,16-18H2,1-2H3,(H,36,44)(H,40,45)/t20-/m0/s1. The van der Waals surface area contributed by atoms with Crippen LogP contribution in [0.3, 0.4) is 0 Å². The van der Waals surface area contributed by atoms with Crippen LogP contribution in [-0.4, -0.2) is 76.1 Å². The van der Waals surface area contributed by atoms with Gasteiger partial charge in [-0.15, -0.1) is 0 Å². The van der Waals surface area contributed by atoms with E-state index in [9.17, 15) is 22.8 Å². The maximum Gasteiger partial charge on any atom is 0.416 e. The Labute approximate surface area is 263 Å². The maximum absolute atomic E-state index is 14.1. The number of alkyl halides is 3. The van der Waals surface area contributed by atoms with E-state index in [1.807, 2.05) is 17.9 Å². The molecule has 1 aromatic carbocycles. The number of carbonyl (C=O) groups excluding carboxylic acids is 2. The quantitative estimate of drug-likeness (QED) is 0.266. The van der Waals surface area contributed by atoms with Crippen molar-refractivity contribution in [3.63, 3.8) is 0 Å². The lowest BCUT2D eigenvalue weighted by atomic mass is 9.92. The zero-order chi connectivity index (χ0) is 32.4. The molecule has 4 aromatic rings. The van der Waals surface area contributed by atoms with Crippen molar-refractivity contribution < 1.29 is 27.5 Å². The summed E-state index contributed by atoms with van der Waals surface area (Å²) in [5.74, 6) is 0.576. The molecule has 1 fully saturated rings. The fourth-order valence-corrected chi connectivity index (χ4v) is 5.99. The number of anilines is 1. The summed E-state index contributed by atoms with van der Waals surface area (Å²) < 4.78 is 49.9. The summed E-state index contributed by atoms with van der Waals surface area (Å²) in [5, 5.41) is 12.7. The first kappa shape index (κ1) is 31.3. The van der Waals surface area contributed by atoms with Crippen molar-refractivity contribution in [1.29, 1.82) is 0 Å². The van der Waals surface area contributed by atoms with Crippen LogP contribution in [0.2, 0.25) is 0 Å². The number of aromatic nitrogens is 3. The Morgan fingerprint density at radius 2 is 1.93 bits per heavy atom. The lowest BCUT2D eigenvalue weighted by Gasteiger charge is -2.34. The van der Waals surface area contributed by atoms with Gasteiger partial charge in [0.2, 0.25) is 0 Å². The van der Waals surface area contributed by atoms with Crippen LogP contribution in [-0.2, 0) is 19.3 Å². The number of carbonyl (C=O) groups is 2. The van der Waals surface area contributed by atoms with Crippen LogP contribution in [0, 0.1) is 0 Å². The second kappa shape index (κ2) is 13.0. The van der Waals surface area contributed by atoms with Crippen LogP contribution in [0.4, 0.5) is 23.7 Å². The third-order valence-corrected chi connectivity index (χ3v) is 8.40. The van der Waals surface area contributed by atoms with Gasteiger partial charge in [0.05, 0.1) is 29.2 Å². The van der Waals surface area contributed by atoms with Gasteiger partial charge in [0, 0.05) is 76.7 Å². The number of pyridine rings is 1. The molecule has 2 aliphatic heterocycles. The predicted octanol–water partition coefficient (Wildman–Crippen LogP) is 4.85. The highest BCUT2D eigenvalue weighted by molar-refractivity contribution is 5.95. The van der Waals surface area contributed by atoms with Crippen LogP contribution in [0.1, 0.15) is 52.0 Å². The van der Waals surface area contributed by atoms with Crippen molar-refractivity contribution in [3.8, 4) is 11.5 Å². The molecule has 11 nitrogen and oxygen atoms in total. The van der Waals surface area contributed by atoms with Crippen LogP contribution in [0.15, 0.2) is 55.0 Å². The molecule has 6 rings (SSSR count). The number of nitrogens with zero attached hydrogens (tertiary/aromatic N) is 5. The molecule has 0 unspecified atom stereocenters. The number of halogens is 3. The first-order chi connectivity index (χ1) is 22.1. The number of rotatable bonds is 7. The van der Waals surface area contributed by atoms with Gasteiger partial charge in [-0.3, -0.25) is 14.7 Å². The summed E-state index contributed by atoms with van der Waals surface area (Å²) in [6.45, 7) is 5.57. The monoisotopic (exact) mass is 636 g/mol. The van der Waals surface area contributed by atoms with E-state index in [1.165, 1.54) is 12.1 Å². The van der Waals surface area contributed by atoms with E-state index in [1.54, 1.807) is 47.2 Å². The van der Waals surface area contributed by atoms with Crippen molar-refractivity contribution in [1.82, 2.24) is 35.0 Å². The minimum Gasteiger partial charge on any atom is -0.453 e. The van der Waals surface area contributed by atoms with E-state index >= 15 is 0 Å². The van der Waals surface area contributed by atoms with Gasteiger partial charge in [-0.25, -0.2) is 9.31 Å². The first-order valence-corrected chi connectivity index (χ1v) is 15.2. The fraction of sp³-hybridized carbons (Fsp3) is 0.375. The van der Waals surface area contributed by atoms with Gasteiger partial charge in [0.1, 0.15) is 11.3 Å². The second-order valence-corrected chi connectivity index (χ2v) is 11.5. The topological polar surface area (TPSA) is 116 Å². The zero-order valence-corrected chi connectivity index (χ0v) is 25.5. The lowest BCUT2D eigenvalue weighted by Crippen LogP contribution is -2.43. The Bertz CT molecular complexity index is 1750. The molecule has 1 saturated heterocycles. The van der Waals surface area contributed by atoms with Crippen LogP contribution >= 0.6 is 0 Å².